The smallest absolute Gasteiger partial charge is 0.159 e. The van der Waals surface area contributed by atoms with Crippen LogP contribution in [0.25, 0.3) is 0 Å². The summed E-state index contributed by atoms with van der Waals surface area (Å²) >= 11 is 0. The Morgan fingerprint density at radius 3 is 2.61 bits per heavy atom. The summed E-state index contributed by atoms with van der Waals surface area (Å²) in [6.07, 6.45) is 1.34. The summed E-state index contributed by atoms with van der Waals surface area (Å²) in [5, 5.41) is 0. The lowest BCUT2D eigenvalue weighted by Gasteiger charge is -2.34. The summed E-state index contributed by atoms with van der Waals surface area (Å²) in [5.74, 6) is 2.35. The Bertz CT molecular complexity index is 493. The second-order valence-electron chi connectivity index (χ2n) is 6.75. The molecule has 4 heteroatoms. The molecule has 0 unspecified atom stereocenters. The number of ether oxygens (including phenoxy) is 2. The number of hydrogen-bond acceptors (Lipinski definition) is 4. The van der Waals surface area contributed by atoms with Gasteiger partial charge >= 0.3 is 0 Å². The van der Waals surface area contributed by atoms with E-state index in [9.17, 15) is 4.79 Å². The third-order valence-electron chi connectivity index (χ3n) is 4.23. The molecule has 0 aliphatic carbocycles. The normalized spacial score (nSPS) is 22.0. The minimum atomic E-state index is 0.0525. The Morgan fingerprint density at radius 2 is 1.91 bits per heavy atom. The van der Waals surface area contributed by atoms with Gasteiger partial charge in [0.2, 0.25) is 0 Å². The molecular weight excluding hydrogens is 290 g/mol. The lowest BCUT2D eigenvalue weighted by atomic mass is 9.92. The van der Waals surface area contributed by atoms with Crippen LogP contribution < -0.4 is 4.74 Å². The van der Waals surface area contributed by atoms with E-state index < -0.39 is 0 Å². The molecule has 1 aliphatic heterocycles. The first-order valence-corrected chi connectivity index (χ1v) is 8.58. The van der Waals surface area contributed by atoms with Crippen LogP contribution in [-0.2, 0) is 4.74 Å². The van der Waals surface area contributed by atoms with Gasteiger partial charge in [-0.15, -0.1) is 0 Å². The van der Waals surface area contributed by atoms with E-state index in [0.29, 0.717) is 18.8 Å². The second kappa shape index (κ2) is 9.04. The Kier molecular flexibility index (Phi) is 7.06. The summed E-state index contributed by atoms with van der Waals surface area (Å²) in [6.45, 7) is 11.4. The molecule has 2 atom stereocenters. The number of rotatable bonds is 8. The number of ketones is 1. The highest BCUT2D eigenvalue weighted by Gasteiger charge is 2.21. The van der Waals surface area contributed by atoms with Crippen LogP contribution in [0.15, 0.2) is 24.3 Å². The third-order valence-corrected chi connectivity index (χ3v) is 4.23. The minimum absolute atomic E-state index is 0.0525. The van der Waals surface area contributed by atoms with E-state index in [1.54, 1.807) is 19.1 Å². The molecule has 1 aliphatic rings. The van der Waals surface area contributed by atoms with E-state index in [2.05, 4.69) is 18.7 Å². The van der Waals surface area contributed by atoms with E-state index in [4.69, 9.17) is 9.47 Å². The zero-order valence-corrected chi connectivity index (χ0v) is 14.6. The molecule has 23 heavy (non-hydrogen) atoms. The number of likely N-dealkylation sites (tertiary alicyclic amines) is 1. The average Bonchev–Trinajstić information content (AvgIpc) is 2.50. The van der Waals surface area contributed by atoms with Crippen LogP contribution in [0.1, 0.15) is 37.6 Å². The zero-order chi connectivity index (χ0) is 16.7. The lowest BCUT2D eigenvalue weighted by molar-refractivity contribution is 0.0595. The molecular formula is C19H29NO3. The maximum atomic E-state index is 11.3. The molecule has 0 radical (unpaired) electrons. The summed E-state index contributed by atoms with van der Waals surface area (Å²) in [4.78, 5) is 13.8. The molecule has 1 fully saturated rings. The average molecular weight is 319 g/mol. The Labute approximate surface area is 139 Å². The highest BCUT2D eigenvalue weighted by atomic mass is 16.5. The topological polar surface area (TPSA) is 38.8 Å². The van der Waals surface area contributed by atoms with E-state index in [1.165, 1.54) is 19.5 Å². The molecule has 1 saturated heterocycles. The van der Waals surface area contributed by atoms with Gasteiger partial charge in [0.25, 0.3) is 0 Å². The van der Waals surface area contributed by atoms with Gasteiger partial charge in [0, 0.05) is 25.2 Å². The fourth-order valence-electron chi connectivity index (χ4n) is 3.29. The summed E-state index contributed by atoms with van der Waals surface area (Å²) in [7, 11) is 0. The fourth-order valence-corrected chi connectivity index (χ4v) is 3.29. The van der Waals surface area contributed by atoms with Crippen molar-refractivity contribution >= 4 is 5.78 Å². The molecule has 4 nitrogen and oxygen atoms in total. The number of carbonyl (C=O) groups is 1. The zero-order valence-electron chi connectivity index (χ0n) is 14.6. The van der Waals surface area contributed by atoms with Gasteiger partial charge in [-0.1, -0.05) is 26.0 Å². The molecule has 0 saturated carbocycles. The molecule has 0 amide bonds. The van der Waals surface area contributed by atoms with Crippen molar-refractivity contribution in [2.24, 2.45) is 11.8 Å². The van der Waals surface area contributed by atoms with Crippen molar-refractivity contribution in [3.05, 3.63) is 29.8 Å². The van der Waals surface area contributed by atoms with Crippen LogP contribution in [0.5, 0.6) is 5.75 Å². The van der Waals surface area contributed by atoms with Gasteiger partial charge in [-0.05, 0) is 37.3 Å². The van der Waals surface area contributed by atoms with E-state index in [0.717, 1.165) is 30.7 Å². The van der Waals surface area contributed by atoms with E-state index in [1.807, 2.05) is 12.1 Å². The Balaban J connectivity index is 1.59. The van der Waals surface area contributed by atoms with Crippen molar-refractivity contribution in [3.8, 4) is 5.75 Å². The summed E-state index contributed by atoms with van der Waals surface area (Å²) in [6, 6.07) is 7.28. The van der Waals surface area contributed by atoms with E-state index >= 15 is 0 Å². The molecule has 128 valence electrons. The number of carbonyl (C=O) groups excluding carboxylic acids is 1. The van der Waals surface area contributed by atoms with Gasteiger partial charge in [-0.3, -0.25) is 4.79 Å². The summed E-state index contributed by atoms with van der Waals surface area (Å²) in [5.41, 5.74) is 0.678. The Morgan fingerprint density at radius 1 is 1.17 bits per heavy atom. The van der Waals surface area contributed by atoms with Crippen molar-refractivity contribution < 1.29 is 14.3 Å². The van der Waals surface area contributed by atoms with Crippen molar-refractivity contribution in [1.82, 2.24) is 4.90 Å². The third kappa shape index (κ3) is 6.32. The molecule has 1 heterocycles. The predicted molar refractivity (Wildman–Crippen MR) is 92.1 cm³/mol. The van der Waals surface area contributed by atoms with Crippen LogP contribution in [0.4, 0.5) is 0 Å². The van der Waals surface area contributed by atoms with Gasteiger partial charge in [-0.25, -0.2) is 0 Å². The molecule has 0 aromatic heterocycles. The largest absolute Gasteiger partial charge is 0.491 e. The highest BCUT2D eigenvalue weighted by molar-refractivity contribution is 5.94. The predicted octanol–water partition coefficient (Wildman–Crippen LogP) is 3.26. The quantitative estimate of drug-likeness (QED) is 0.544. The molecule has 2 rings (SSSR count). The molecule has 0 N–H and O–H groups in total. The van der Waals surface area contributed by atoms with Crippen molar-refractivity contribution in [3.63, 3.8) is 0 Å². The van der Waals surface area contributed by atoms with Crippen molar-refractivity contribution in [2.75, 3.05) is 39.5 Å². The number of benzene rings is 1. The maximum absolute atomic E-state index is 11.3. The highest BCUT2D eigenvalue weighted by Crippen LogP contribution is 2.20. The lowest BCUT2D eigenvalue weighted by Crippen LogP contribution is -2.40. The molecule has 0 bridgehead atoms. The Hall–Kier alpha value is -1.39. The van der Waals surface area contributed by atoms with Crippen LogP contribution >= 0.6 is 0 Å². The first-order chi connectivity index (χ1) is 11.0. The van der Waals surface area contributed by atoms with Gasteiger partial charge in [0.05, 0.1) is 13.2 Å². The van der Waals surface area contributed by atoms with E-state index in [-0.39, 0.29) is 5.78 Å². The summed E-state index contributed by atoms with van der Waals surface area (Å²) < 4.78 is 11.3. The number of nitrogens with zero attached hydrogens (tertiary/aromatic N) is 1. The fraction of sp³-hybridized carbons (Fsp3) is 0.632. The number of piperidine rings is 1. The van der Waals surface area contributed by atoms with Crippen LogP contribution in [0, 0.1) is 11.8 Å². The van der Waals surface area contributed by atoms with Crippen LogP contribution in [0.3, 0.4) is 0 Å². The SMILES string of the molecule is CC(=O)c1cccc(OCCOCCN2C[C@H](C)C[C@@H](C)C2)c1. The van der Waals surface area contributed by atoms with Crippen LogP contribution in [-0.4, -0.2) is 50.1 Å². The van der Waals surface area contributed by atoms with Crippen molar-refractivity contribution in [2.45, 2.75) is 27.2 Å². The molecule has 1 aromatic carbocycles. The van der Waals surface area contributed by atoms with Gasteiger partial charge < -0.3 is 14.4 Å². The first-order valence-electron chi connectivity index (χ1n) is 8.58. The molecule has 0 spiro atoms. The first kappa shape index (κ1) is 18.0. The maximum Gasteiger partial charge on any atom is 0.159 e. The number of hydrogen-bond donors (Lipinski definition) is 0. The van der Waals surface area contributed by atoms with Gasteiger partial charge in [-0.2, -0.15) is 0 Å². The monoisotopic (exact) mass is 319 g/mol. The minimum Gasteiger partial charge on any atom is -0.491 e. The second-order valence-corrected chi connectivity index (χ2v) is 6.75. The van der Waals surface area contributed by atoms with Gasteiger partial charge in [0.1, 0.15) is 12.4 Å². The van der Waals surface area contributed by atoms with Crippen molar-refractivity contribution in [1.29, 1.82) is 0 Å². The standard InChI is InChI=1S/C19H29NO3/c1-15-11-16(2)14-20(13-15)7-8-22-9-10-23-19-6-4-5-18(12-19)17(3)21/h4-6,12,15-16H,7-11,13-14H2,1-3H3/t15-,16-/m1/s1. The molecule has 1 aromatic rings. The van der Waals surface area contributed by atoms with Gasteiger partial charge in [0.15, 0.2) is 5.78 Å². The number of Topliss-reactive ketones (excluding diaryl/α,β-unsaturated/α-hetero) is 1. The van der Waals surface area contributed by atoms with Crippen LogP contribution in [0.2, 0.25) is 0 Å².